The van der Waals surface area contributed by atoms with Crippen molar-refractivity contribution in [2.24, 2.45) is 0 Å². The Hall–Kier alpha value is -3.37. The number of imide groups is 1. The smallest absolute Gasteiger partial charge is 0.282 e. The molecule has 0 aliphatic carbocycles. The number of carbonyl (C=O) groups is 2. The number of amides is 2. The van der Waals surface area contributed by atoms with E-state index in [1.54, 1.807) is 18.2 Å². The van der Waals surface area contributed by atoms with E-state index in [1.807, 2.05) is 70.2 Å². The van der Waals surface area contributed by atoms with Gasteiger partial charge in [0.05, 0.1) is 11.3 Å². The molecule has 0 fully saturated rings. The molecule has 31 heavy (non-hydrogen) atoms. The summed E-state index contributed by atoms with van der Waals surface area (Å²) in [5, 5.41) is 3.82. The number of anilines is 2. The van der Waals surface area contributed by atoms with Gasteiger partial charge >= 0.3 is 0 Å². The summed E-state index contributed by atoms with van der Waals surface area (Å²) in [6.07, 6.45) is 0. The highest BCUT2D eigenvalue weighted by Crippen LogP contribution is 2.36. The molecule has 1 N–H and O–H groups in total. The van der Waals surface area contributed by atoms with Crippen LogP contribution in [0.2, 0.25) is 5.02 Å². The lowest BCUT2D eigenvalue weighted by molar-refractivity contribution is -0.120. The van der Waals surface area contributed by atoms with Crippen LogP contribution in [-0.4, -0.2) is 11.8 Å². The average Bonchev–Trinajstić information content (AvgIpc) is 2.96. The summed E-state index contributed by atoms with van der Waals surface area (Å²) in [6.45, 7) is 7.78. The summed E-state index contributed by atoms with van der Waals surface area (Å²) in [5.41, 5.74) is 6.55. The van der Waals surface area contributed by atoms with E-state index in [1.165, 1.54) is 4.90 Å². The van der Waals surface area contributed by atoms with Gasteiger partial charge in [-0.25, -0.2) is 4.90 Å². The lowest BCUT2D eigenvalue weighted by atomic mass is 10.0. The normalized spacial score (nSPS) is 13.9. The van der Waals surface area contributed by atoms with E-state index >= 15 is 0 Å². The fourth-order valence-electron chi connectivity index (χ4n) is 3.73. The Morgan fingerprint density at radius 1 is 0.742 bits per heavy atom. The van der Waals surface area contributed by atoms with Gasteiger partial charge in [-0.15, -0.1) is 0 Å². The van der Waals surface area contributed by atoms with Gasteiger partial charge in [0.25, 0.3) is 11.8 Å². The molecule has 4 rings (SSSR count). The second-order valence-corrected chi connectivity index (χ2v) is 8.37. The predicted octanol–water partition coefficient (Wildman–Crippen LogP) is 5.97. The van der Waals surface area contributed by atoms with E-state index in [0.717, 1.165) is 27.9 Å². The second-order valence-electron chi connectivity index (χ2n) is 7.94. The van der Waals surface area contributed by atoms with Crippen LogP contribution in [0.5, 0.6) is 0 Å². The Morgan fingerprint density at radius 2 is 1.42 bits per heavy atom. The third-order valence-corrected chi connectivity index (χ3v) is 5.71. The van der Waals surface area contributed by atoms with Crippen molar-refractivity contribution in [2.75, 3.05) is 10.2 Å². The molecule has 4 nitrogen and oxygen atoms in total. The van der Waals surface area contributed by atoms with Crippen LogP contribution in [-0.2, 0) is 9.59 Å². The first-order valence-electron chi connectivity index (χ1n) is 10.1. The summed E-state index contributed by atoms with van der Waals surface area (Å²) >= 11 is 6.09. The van der Waals surface area contributed by atoms with E-state index in [2.05, 4.69) is 5.32 Å². The molecule has 0 bridgehead atoms. The van der Waals surface area contributed by atoms with E-state index < -0.39 is 0 Å². The van der Waals surface area contributed by atoms with Gasteiger partial charge in [-0.3, -0.25) is 9.59 Å². The molecule has 0 radical (unpaired) electrons. The zero-order valence-electron chi connectivity index (χ0n) is 17.9. The first-order chi connectivity index (χ1) is 14.8. The van der Waals surface area contributed by atoms with Crippen molar-refractivity contribution in [3.05, 3.63) is 99.2 Å². The van der Waals surface area contributed by atoms with E-state index in [9.17, 15) is 9.59 Å². The highest BCUT2D eigenvalue weighted by atomic mass is 35.5. The standard InChI is InChI=1S/C26H23ClN2O2/c1-15-6-9-19(10-7-15)23-24(28-21-13-16(2)5-8-17(21)3)26(31)29(25(23)30)22-12-11-20(27)14-18(22)4/h5-14,28H,1-4H3. The Balaban J connectivity index is 1.87. The third-order valence-electron chi connectivity index (χ3n) is 5.48. The Kier molecular flexibility index (Phi) is 5.42. The molecule has 3 aromatic carbocycles. The van der Waals surface area contributed by atoms with Gasteiger partial charge in [-0.05, 0) is 74.2 Å². The van der Waals surface area contributed by atoms with Crippen molar-refractivity contribution in [2.45, 2.75) is 27.7 Å². The number of carbonyl (C=O) groups excluding carboxylic acids is 2. The van der Waals surface area contributed by atoms with Crippen molar-refractivity contribution < 1.29 is 9.59 Å². The molecule has 156 valence electrons. The van der Waals surface area contributed by atoms with E-state index in [4.69, 9.17) is 11.6 Å². The molecule has 0 saturated heterocycles. The molecule has 0 spiro atoms. The lowest BCUT2D eigenvalue weighted by Gasteiger charge is -2.18. The molecule has 5 heteroatoms. The number of hydrogen-bond acceptors (Lipinski definition) is 3. The molecule has 0 unspecified atom stereocenters. The summed E-state index contributed by atoms with van der Waals surface area (Å²) in [4.78, 5) is 28.4. The molecule has 1 aliphatic rings. The quantitative estimate of drug-likeness (QED) is 0.518. The van der Waals surface area contributed by atoms with Crippen molar-refractivity contribution in [3.63, 3.8) is 0 Å². The second kappa shape index (κ2) is 8.05. The number of nitrogens with one attached hydrogen (secondary N) is 1. The van der Waals surface area contributed by atoms with Crippen molar-refractivity contribution in [1.82, 2.24) is 0 Å². The average molecular weight is 431 g/mol. The van der Waals surface area contributed by atoms with Crippen molar-refractivity contribution in [3.8, 4) is 0 Å². The number of hydrogen-bond donors (Lipinski definition) is 1. The maximum Gasteiger partial charge on any atom is 0.282 e. The van der Waals surface area contributed by atoms with Crippen LogP contribution in [0.25, 0.3) is 5.57 Å². The van der Waals surface area contributed by atoms with Crippen LogP contribution in [0.3, 0.4) is 0 Å². The minimum atomic E-state index is -0.382. The molecular weight excluding hydrogens is 408 g/mol. The van der Waals surface area contributed by atoms with Gasteiger partial charge in [-0.1, -0.05) is 53.6 Å². The molecule has 0 saturated carbocycles. The monoisotopic (exact) mass is 430 g/mol. The minimum absolute atomic E-state index is 0.275. The largest absolute Gasteiger partial charge is 0.350 e. The predicted molar refractivity (Wildman–Crippen MR) is 126 cm³/mol. The van der Waals surface area contributed by atoms with Crippen LogP contribution in [0.15, 0.2) is 66.4 Å². The van der Waals surface area contributed by atoms with Crippen LogP contribution >= 0.6 is 11.6 Å². The fourth-order valence-corrected chi connectivity index (χ4v) is 3.95. The number of halogens is 1. The van der Waals surface area contributed by atoms with Crippen molar-refractivity contribution in [1.29, 1.82) is 0 Å². The molecule has 0 aromatic heterocycles. The maximum absolute atomic E-state index is 13.6. The summed E-state index contributed by atoms with van der Waals surface area (Å²) in [6, 6.07) is 18.7. The first kappa shape index (κ1) is 20.9. The molecule has 2 amide bonds. The van der Waals surface area contributed by atoms with E-state index in [0.29, 0.717) is 21.8 Å². The van der Waals surface area contributed by atoms with Gasteiger partial charge in [0, 0.05) is 10.7 Å². The zero-order valence-corrected chi connectivity index (χ0v) is 18.7. The zero-order chi connectivity index (χ0) is 22.3. The number of rotatable bonds is 4. The maximum atomic E-state index is 13.6. The Morgan fingerprint density at radius 3 is 2.10 bits per heavy atom. The van der Waals surface area contributed by atoms with Gasteiger partial charge in [0.1, 0.15) is 5.70 Å². The lowest BCUT2D eigenvalue weighted by Crippen LogP contribution is -2.33. The number of aryl methyl sites for hydroxylation is 4. The van der Waals surface area contributed by atoms with Gasteiger partial charge in [0.2, 0.25) is 0 Å². The van der Waals surface area contributed by atoms with Gasteiger partial charge < -0.3 is 5.32 Å². The topological polar surface area (TPSA) is 49.4 Å². The Bertz CT molecular complexity index is 1240. The number of benzene rings is 3. The minimum Gasteiger partial charge on any atom is -0.350 e. The van der Waals surface area contributed by atoms with Crippen LogP contribution < -0.4 is 10.2 Å². The SMILES string of the molecule is Cc1ccc(C2=C(Nc3cc(C)ccc3C)C(=O)N(c3ccc(Cl)cc3C)C2=O)cc1. The van der Waals surface area contributed by atoms with Crippen LogP contribution in [0, 0.1) is 27.7 Å². The summed E-state index contributed by atoms with van der Waals surface area (Å²) < 4.78 is 0. The molecule has 1 aliphatic heterocycles. The summed E-state index contributed by atoms with van der Waals surface area (Å²) in [5.74, 6) is -0.737. The van der Waals surface area contributed by atoms with Crippen molar-refractivity contribution >= 4 is 40.4 Å². The Labute approximate surface area is 187 Å². The molecule has 0 atom stereocenters. The summed E-state index contributed by atoms with van der Waals surface area (Å²) in [7, 11) is 0. The van der Waals surface area contributed by atoms with Gasteiger partial charge in [-0.2, -0.15) is 0 Å². The third kappa shape index (κ3) is 3.87. The van der Waals surface area contributed by atoms with Crippen LogP contribution in [0.1, 0.15) is 27.8 Å². The van der Waals surface area contributed by atoms with Gasteiger partial charge in [0.15, 0.2) is 0 Å². The van der Waals surface area contributed by atoms with E-state index in [-0.39, 0.29) is 17.5 Å². The molecular formula is C26H23ClN2O2. The first-order valence-corrected chi connectivity index (χ1v) is 10.4. The number of nitrogens with zero attached hydrogens (tertiary/aromatic N) is 1. The highest BCUT2D eigenvalue weighted by Gasteiger charge is 2.40. The molecule has 3 aromatic rings. The highest BCUT2D eigenvalue weighted by molar-refractivity contribution is 6.46. The fraction of sp³-hybridized carbons (Fsp3) is 0.154. The van der Waals surface area contributed by atoms with Crippen LogP contribution in [0.4, 0.5) is 11.4 Å². The molecule has 1 heterocycles.